The van der Waals surface area contributed by atoms with Gasteiger partial charge in [0.1, 0.15) is 0 Å². The van der Waals surface area contributed by atoms with E-state index in [0.29, 0.717) is 0 Å². The van der Waals surface area contributed by atoms with E-state index in [1.165, 1.54) is 25.8 Å². The van der Waals surface area contributed by atoms with Crippen LogP contribution in [0.1, 0.15) is 19.3 Å². The fourth-order valence-electron chi connectivity index (χ4n) is 1.45. The van der Waals surface area contributed by atoms with Gasteiger partial charge in [-0.05, 0) is 12.8 Å². The molecule has 0 saturated heterocycles. The lowest BCUT2D eigenvalue weighted by Crippen LogP contribution is -3.00. The second kappa shape index (κ2) is 3.90. The number of halogens is 1. The van der Waals surface area contributed by atoms with Crippen molar-refractivity contribution >= 4 is 0 Å². The minimum Gasteiger partial charge on any atom is -1.00 e. The Bertz CT molecular complexity index is 91.9. The van der Waals surface area contributed by atoms with Gasteiger partial charge in [-0.3, -0.25) is 0 Å². The molecule has 1 saturated carbocycles. The number of rotatable bonds is 2. The Morgan fingerprint density at radius 3 is 1.80 bits per heavy atom. The first-order valence-electron chi connectivity index (χ1n) is 3.88. The zero-order valence-corrected chi connectivity index (χ0v) is 9.39. The molecule has 0 spiro atoms. The van der Waals surface area contributed by atoms with Crippen LogP contribution in [-0.2, 0) is 0 Å². The maximum atomic E-state index is 2.28. The standard InChI is InChI=1S/C8H18N.HI/c1-9(2,3)7-8-5-4-6-8;/h8H,4-7H2,1-3H3;1H/q+1;/p-1. The maximum Gasteiger partial charge on any atom is 0.0809 e. The summed E-state index contributed by atoms with van der Waals surface area (Å²) in [4.78, 5) is 0. The van der Waals surface area contributed by atoms with Crippen LogP contribution in [0.2, 0.25) is 0 Å². The zero-order valence-electron chi connectivity index (χ0n) is 7.23. The van der Waals surface area contributed by atoms with Crippen LogP contribution in [0, 0.1) is 5.92 Å². The van der Waals surface area contributed by atoms with E-state index in [9.17, 15) is 0 Å². The molecule has 0 heterocycles. The lowest BCUT2D eigenvalue weighted by Gasteiger charge is -2.33. The Balaban J connectivity index is 0.000000810. The molecule has 0 aromatic rings. The fraction of sp³-hybridized carbons (Fsp3) is 1.00. The van der Waals surface area contributed by atoms with Gasteiger partial charge in [-0.25, -0.2) is 0 Å². The van der Waals surface area contributed by atoms with E-state index in [1.54, 1.807) is 0 Å². The van der Waals surface area contributed by atoms with Gasteiger partial charge in [0, 0.05) is 5.92 Å². The number of hydrogen-bond donors (Lipinski definition) is 0. The highest BCUT2D eigenvalue weighted by atomic mass is 127. The van der Waals surface area contributed by atoms with Crippen LogP contribution < -0.4 is 24.0 Å². The van der Waals surface area contributed by atoms with Crippen molar-refractivity contribution in [2.24, 2.45) is 5.92 Å². The van der Waals surface area contributed by atoms with Crippen molar-refractivity contribution in [2.45, 2.75) is 19.3 Å². The average molecular weight is 255 g/mol. The van der Waals surface area contributed by atoms with Gasteiger partial charge in [0.25, 0.3) is 0 Å². The van der Waals surface area contributed by atoms with Crippen molar-refractivity contribution in [3.05, 3.63) is 0 Å². The summed E-state index contributed by atoms with van der Waals surface area (Å²) in [5.74, 6) is 1.05. The molecule has 0 aromatic heterocycles. The molecular weight excluding hydrogens is 237 g/mol. The van der Waals surface area contributed by atoms with Crippen molar-refractivity contribution in [3.8, 4) is 0 Å². The quantitative estimate of drug-likeness (QED) is 0.416. The zero-order chi connectivity index (χ0) is 6.91. The fourth-order valence-corrected chi connectivity index (χ4v) is 1.45. The van der Waals surface area contributed by atoms with Crippen LogP contribution in [-0.4, -0.2) is 32.2 Å². The first-order chi connectivity index (χ1) is 4.08. The van der Waals surface area contributed by atoms with Gasteiger partial charge in [-0.15, -0.1) is 0 Å². The van der Waals surface area contributed by atoms with Crippen molar-refractivity contribution in [1.82, 2.24) is 0 Å². The van der Waals surface area contributed by atoms with E-state index in [-0.39, 0.29) is 24.0 Å². The topological polar surface area (TPSA) is 0 Å². The van der Waals surface area contributed by atoms with Crippen LogP contribution >= 0.6 is 0 Å². The molecule has 1 aliphatic carbocycles. The Hall–Kier alpha value is 0.690. The van der Waals surface area contributed by atoms with E-state index in [0.717, 1.165) is 10.4 Å². The normalized spacial score (nSPS) is 19.5. The van der Waals surface area contributed by atoms with Gasteiger partial charge >= 0.3 is 0 Å². The summed E-state index contributed by atoms with van der Waals surface area (Å²) in [6.07, 6.45) is 4.44. The molecule has 2 heteroatoms. The number of nitrogens with zero attached hydrogens (tertiary/aromatic N) is 1. The largest absolute Gasteiger partial charge is 1.00 e. The molecule has 0 aromatic carbocycles. The lowest BCUT2D eigenvalue weighted by molar-refractivity contribution is -0.874. The predicted octanol–water partition coefficient (Wildman–Crippen LogP) is -1.50. The maximum absolute atomic E-state index is 2.28. The van der Waals surface area contributed by atoms with Crippen LogP contribution in [0.3, 0.4) is 0 Å². The molecule has 0 atom stereocenters. The third-order valence-corrected chi connectivity index (χ3v) is 2.03. The van der Waals surface area contributed by atoms with E-state index < -0.39 is 0 Å². The van der Waals surface area contributed by atoms with Crippen molar-refractivity contribution in [2.75, 3.05) is 27.7 Å². The molecule has 0 N–H and O–H groups in total. The van der Waals surface area contributed by atoms with Gasteiger partial charge in [0.05, 0.1) is 27.7 Å². The van der Waals surface area contributed by atoms with Gasteiger partial charge < -0.3 is 28.5 Å². The van der Waals surface area contributed by atoms with E-state index in [1.807, 2.05) is 0 Å². The minimum absolute atomic E-state index is 0. The third kappa shape index (κ3) is 3.76. The highest BCUT2D eigenvalue weighted by Crippen LogP contribution is 2.27. The lowest BCUT2D eigenvalue weighted by atomic mass is 9.85. The van der Waals surface area contributed by atoms with Crippen molar-refractivity contribution in [1.29, 1.82) is 0 Å². The summed E-state index contributed by atoms with van der Waals surface area (Å²) in [7, 11) is 6.83. The Morgan fingerprint density at radius 1 is 1.20 bits per heavy atom. The summed E-state index contributed by atoms with van der Waals surface area (Å²) in [6, 6.07) is 0. The molecule has 1 rings (SSSR count). The highest BCUT2D eigenvalue weighted by molar-refractivity contribution is 4.68. The molecule has 0 radical (unpaired) electrons. The average Bonchev–Trinajstić information content (AvgIpc) is 1.53. The summed E-state index contributed by atoms with van der Waals surface area (Å²) < 4.78 is 1.14. The summed E-state index contributed by atoms with van der Waals surface area (Å²) >= 11 is 0. The highest BCUT2D eigenvalue weighted by Gasteiger charge is 2.23. The van der Waals surface area contributed by atoms with Crippen LogP contribution in [0.4, 0.5) is 0 Å². The molecule has 1 fully saturated rings. The molecule has 0 amide bonds. The smallest absolute Gasteiger partial charge is 0.0809 e. The SMILES string of the molecule is C[N+](C)(C)CC1CCC1.[I-]. The Kier molecular flexibility index (Phi) is 4.17. The van der Waals surface area contributed by atoms with Gasteiger partial charge in [0.15, 0.2) is 0 Å². The van der Waals surface area contributed by atoms with Gasteiger partial charge in [-0.1, -0.05) is 6.42 Å². The molecular formula is C8H18IN. The van der Waals surface area contributed by atoms with E-state index in [2.05, 4.69) is 21.1 Å². The first-order valence-corrected chi connectivity index (χ1v) is 3.88. The van der Waals surface area contributed by atoms with E-state index in [4.69, 9.17) is 0 Å². The Labute approximate surface area is 81.4 Å². The minimum atomic E-state index is 0. The summed E-state index contributed by atoms with van der Waals surface area (Å²) in [5.41, 5.74) is 0. The van der Waals surface area contributed by atoms with E-state index >= 15 is 0 Å². The molecule has 0 bridgehead atoms. The third-order valence-electron chi connectivity index (χ3n) is 2.03. The van der Waals surface area contributed by atoms with Crippen LogP contribution in [0.15, 0.2) is 0 Å². The van der Waals surface area contributed by atoms with Gasteiger partial charge in [0.2, 0.25) is 0 Å². The number of hydrogen-bond acceptors (Lipinski definition) is 0. The summed E-state index contributed by atoms with van der Waals surface area (Å²) in [5, 5.41) is 0. The second-order valence-corrected chi connectivity index (χ2v) is 4.27. The second-order valence-electron chi connectivity index (χ2n) is 4.27. The molecule has 0 aliphatic heterocycles. The molecule has 62 valence electrons. The summed E-state index contributed by atoms with van der Waals surface area (Å²) in [6.45, 7) is 1.38. The first kappa shape index (κ1) is 10.7. The van der Waals surface area contributed by atoms with Crippen LogP contribution in [0.5, 0.6) is 0 Å². The molecule has 1 nitrogen and oxygen atoms in total. The molecule has 1 aliphatic rings. The molecule has 0 unspecified atom stereocenters. The van der Waals surface area contributed by atoms with Crippen molar-refractivity contribution < 1.29 is 28.5 Å². The Morgan fingerprint density at radius 2 is 1.70 bits per heavy atom. The van der Waals surface area contributed by atoms with Crippen LogP contribution in [0.25, 0.3) is 0 Å². The van der Waals surface area contributed by atoms with Gasteiger partial charge in [-0.2, -0.15) is 0 Å². The predicted molar refractivity (Wildman–Crippen MR) is 40.2 cm³/mol. The van der Waals surface area contributed by atoms with Crippen molar-refractivity contribution in [3.63, 3.8) is 0 Å². The molecule has 10 heavy (non-hydrogen) atoms. The monoisotopic (exact) mass is 255 g/mol. The number of quaternary nitrogens is 1.